The largest absolute Gasteiger partial charge is 0.295 e. The highest BCUT2D eigenvalue weighted by Gasteiger charge is 2.15. The predicted molar refractivity (Wildman–Crippen MR) is 92.6 cm³/mol. The van der Waals surface area contributed by atoms with Crippen molar-refractivity contribution in [3.8, 4) is 0 Å². The smallest absolute Gasteiger partial charge is 0.158 e. The lowest BCUT2D eigenvalue weighted by Crippen LogP contribution is -2.09. The molecule has 1 aliphatic carbocycles. The summed E-state index contributed by atoms with van der Waals surface area (Å²) in [6, 6.07) is 0. The zero-order valence-electron chi connectivity index (χ0n) is 14.5. The average Bonchev–Trinajstić information content (AvgIpc) is 2.49. The lowest BCUT2D eigenvalue weighted by Gasteiger charge is -2.17. The van der Waals surface area contributed by atoms with E-state index in [1.54, 1.807) is 0 Å². The molecule has 0 aromatic rings. The van der Waals surface area contributed by atoms with Crippen molar-refractivity contribution in [1.29, 1.82) is 0 Å². The molecule has 0 spiro atoms. The van der Waals surface area contributed by atoms with Gasteiger partial charge in [-0.15, -0.1) is 0 Å². The predicted octanol–water partition coefficient (Wildman–Crippen LogP) is 6.61. The van der Waals surface area contributed by atoms with Crippen molar-refractivity contribution >= 4 is 5.78 Å². The molecule has 21 heavy (non-hydrogen) atoms. The minimum Gasteiger partial charge on any atom is -0.295 e. The van der Waals surface area contributed by atoms with Crippen molar-refractivity contribution in [2.45, 2.75) is 104 Å². The number of carbonyl (C=O) groups excluding carboxylic acids is 1. The third kappa shape index (κ3) is 9.11. The van der Waals surface area contributed by atoms with Crippen LogP contribution >= 0.6 is 0 Å². The zero-order valence-corrected chi connectivity index (χ0v) is 14.5. The SMILES string of the molecule is CCCCCCCCCCCCC(=O)C1=CCC(C)CC1. The van der Waals surface area contributed by atoms with E-state index in [4.69, 9.17) is 0 Å². The van der Waals surface area contributed by atoms with Crippen molar-refractivity contribution in [3.05, 3.63) is 11.6 Å². The molecule has 0 aromatic heterocycles. The number of unbranched alkanes of at least 4 members (excludes halogenated alkanes) is 9. The molecule has 0 radical (unpaired) electrons. The van der Waals surface area contributed by atoms with Crippen LogP contribution in [-0.2, 0) is 4.79 Å². The van der Waals surface area contributed by atoms with Gasteiger partial charge in [0.2, 0.25) is 0 Å². The number of ketones is 1. The molecule has 1 rings (SSSR count). The Morgan fingerprint density at radius 3 is 2.10 bits per heavy atom. The quantitative estimate of drug-likeness (QED) is 0.370. The highest BCUT2D eigenvalue weighted by atomic mass is 16.1. The van der Waals surface area contributed by atoms with Crippen LogP contribution in [0.5, 0.6) is 0 Å². The second kappa shape index (κ2) is 12.0. The number of hydrogen-bond donors (Lipinski definition) is 0. The molecule has 1 atom stereocenters. The molecule has 0 amide bonds. The van der Waals surface area contributed by atoms with E-state index in [9.17, 15) is 4.79 Å². The van der Waals surface area contributed by atoms with Crippen LogP contribution < -0.4 is 0 Å². The summed E-state index contributed by atoms with van der Waals surface area (Å²) in [5.41, 5.74) is 1.13. The third-order valence-corrected chi connectivity index (χ3v) is 4.79. The lowest BCUT2D eigenvalue weighted by molar-refractivity contribution is -0.115. The first kappa shape index (κ1) is 18.5. The summed E-state index contributed by atoms with van der Waals surface area (Å²) in [6.45, 7) is 4.55. The van der Waals surface area contributed by atoms with E-state index in [0.29, 0.717) is 5.78 Å². The van der Waals surface area contributed by atoms with Gasteiger partial charge in [0.05, 0.1) is 0 Å². The Kier molecular flexibility index (Phi) is 10.6. The van der Waals surface area contributed by atoms with Crippen molar-refractivity contribution in [2.24, 2.45) is 5.92 Å². The fourth-order valence-corrected chi connectivity index (χ4v) is 3.15. The second-order valence-corrected chi connectivity index (χ2v) is 6.96. The molecule has 0 bridgehead atoms. The van der Waals surface area contributed by atoms with Gasteiger partial charge in [0.15, 0.2) is 5.78 Å². The number of carbonyl (C=O) groups is 1. The molecule has 0 N–H and O–H groups in total. The zero-order chi connectivity index (χ0) is 15.3. The Morgan fingerprint density at radius 1 is 1.00 bits per heavy atom. The van der Waals surface area contributed by atoms with Crippen LogP contribution in [0.4, 0.5) is 0 Å². The van der Waals surface area contributed by atoms with Gasteiger partial charge in [-0.3, -0.25) is 4.79 Å². The third-order valence-electron chi connectivity index (χ3n) is 4.79. The fraction of sp³-hybridized carbons (Fsp3) is 0.850. The van der Waals surface area contributed by atoms with Gasteiger partial charge in [-0.25, -0.2) is 0 Å². The van der Waals surface area contributed by atoms with Gasteiger partial charge >= 0.3 is 0 Å². The van der Waals surface area contributed by atoms with Gasteiger partial charge in [0.25, 0.3) is 0 Å². The summed E-state index contributed by atoms with van der Waals surface area (Å²) >= 11 is 0. The monoisotopic (exact) mass is 292 g/mol. The molecule has 0 saturated heterocycles. The first-order valence-electron chi connectivity index (χ1n) is 9.46. The van der Waals surface area contributed by atoms with Crippen LogP contribution in [0.1, 0.15) is 104 Å². The molecule has 0 aromatic carbocycles. The molecule has 0 heterocycles. The molecular formula is C20H36O. The van der Waals surface area contributed by atoms with Crippen molar-refractivity contribution in [3.63, 3.8) is 0 Å². The Balaban J connectivity index is 1.91. The first-order chi connectivity index (χ1) is 10.2. The number of hydrogen-bond acceptors (Lipinski definition) is 1. The summed E-state index contributed by atoms with van der Waals surface area (Å²) in [5, 5.41) is 0. The summed E-state index contributed by atoms with van der Waals surface area (Å²) in [5.74, 6) is 1.21. The van der Waals surface area contributed by atoms with E-state index in [2.05, 4.69) is 19.9 Å². The fourth-order valence-electron chi connectivity index (χ4n) is 3.15. The highest BCUT2D eigenvalue weighted by molar-refractivity contribution is 5.95. The van der Waals surface area contributed by atoms with Crippen LogP contribution in [0.3, 0.4) is 0 Å². The van der Waals surface area contributed by atoms with Crippen LogP contribution in [0, 0.1) is 5.92 Å². The van der Waals surface area contributed by atoms with Crippen LogP contribution in [-0.4, -0.2) is 5.78 Å². The second-order valence-electron chi connectivity index (χ2n) is 6.96. The lowest BCUT2D eigenvalue weighted by atomic mass is 9.88. The van der Waals surface area contributed by atoms with Gasteiger partial charge in [0, 0.05) is 6.42 Å². The molecular weight excluding hydrogens is 256 g/mol. The summed E-state index contributed by atoms with van der Waals surface area (Å²) in [4.78, 5) is 12.1. The van der Waals surface area contributed by atoms with Crippen molar-refractivity contribution in [1.82, 2.24) is 0 Å². The first-order valence-corrected chi connectivity index (χ1v) is 9.46. The van der Waals surface area contributed by atoms with E-state index in [0.717, 1.165) is 37.2 Å². The van der Waals surface area contributed by atoms with E-state index >= 15 is 0 Å². The number of allylic oxidation sites excluding steroid dienone is 2. The van der Waals surface area contributed by atoms with Gasteiger partial charge < -0.3 is 0 Å². The average molecular weight is 293 g/mol. The summed E-state index contributed by atoms with van der Waals surface area (Å²) in [6.07, 6.45) is 19.7. The Morgan fingerprint density at radius 2 is 1.57 bits per heavy atom. The Bertz CT molecular complexity index is 303. The normalized spacial score (nSPS) is 18.6. The van der Waals surface area contributed by atoms with Crippen LogP contribution in [0.2, 0.25) is 0 Å². The Labute approximate surface area is 132 Å². The maximum Gasteiger partial charge on any atom is 0.158 e. The molecule has 1 unspecified atom stereocenters. The van der Waals surface area contributed by atoms with E-state index in [-0.39, 0.29) is 0 Å². The van der Waals surface area contributed by atoms with E-state index < -0.39 is 0 Å². The van der Waals surface area contributed by atoms with Crippen molar-refractivity contribution in [2.75, 3.05) is 0 Å². The summed E-state index contributed by atoms with van der Waals surface area (Å²) in [7, 11) is 0. The van der Waals surface area contributed by atoms with E-state index in [1.165, 1.54) is 64.2 Å². The molecule has 1 aliphatic rings. The topological polar surface area (TPSA) is 17.1 Å². The maximum atomic E-state index is 12.1. The molecule has 0 fully saturated rings. The highest BCUT2D eigenvalue weighted by Crippen LogP contribution is 2.24. The molecule has 0 aliphatic heterocycles. The molecule has 1 nitrogen and oxygen atoms in total. The molecule has 1 heteroatoms. The van der Waals surface area contributed by atoms with Crippen LogP contribution in [0.15, 0.2) is 11.6 Å². The van der Waals surface area contributed by atoms with Gasteiger partial charge in [-0.2, -0.15) is 0 Å². The number of rotatable bonds is 12. The standard InChI is InChI=1S/C20H36O/c1-3-4-5-6-7-8-9-10-11-12-13-20(21)19-16-14-18(2)15-17-19/h16,18H,3-15,17H2,1-2H3. The number of Topliss-reactive ketones (excluding diaryl/α,β-unsaturated/α-hetero) is 1. The minimum absolute atomic E-state index is 0.432. The van der Waals surface area contributed by atoms with Crippen molar-refractivity contribution < 1.29 is 4.79 Å². The maximum absolute atomic E-state index is 12.1. The Hall–Kier alpha value is -0.590. The summed E-state index contributed by atoms with van der Waals surface area (Å²) < 4.78 is 0. The van der Waals surface area contributed by atoms with E-state index in [1.807, 2.05) is 0 Å². The molecule has 122 valence electrons. The van der Waals surface area contributed by atoms with Crippen LogP contribution in [0.25, 0.3) is 0 Å². The van der Waals surface area contributed by atoms with Gasteiger partial charge in [-0.05, 0) is 37.2 Å². The minimum atomic E-state index is 0.432. The van der Waals surface area contributed by atoms with Gasteiger partial charge in [0.1, 0.15) is 0 Å². The molecule has 0 saturated carbocycles. The van der Waals surface area contributed by atoms with Gasteiger partial charge in [-0.1, -0.05) is 77.7 Å².